The van der Waals surface area contributed by atoms with Gasteiger partial charge < -0.3 is 15.2 Å². The van der Waals surface area contributed by atoms with Crippen LogP contribution in [0.1, 0.15) is 18.6 Å². The molecule has 0 aliphatic carbocycles. The quantitative estimate of drug-likeness (QED) is 0.887. The van der Waals surface area contributed by atoms with E-state index >= 15 is 0 Å². The Balaban J connectivity index is 1.53. The van der Waals surface area contributed by atoms with Crippen molar-refractivity contribution >= 4 is 5.91 Å². The highest BCUT2D eigenvalue weighted by Crippen LogP contribution is 2.19. The Kier molecular flexibility index (Phi) is 4.48. The van der Waals surface area contributed by atoms with E-state index in [0.29, 0.717) is 30.3 Å². The van der Waals surface area contributed by atoms with Crippen LogP contribution in [0.4, 0.5) is 4.39 Å². The van der Waals surface area contributed by atoms with Crippen molar-refractivity contribution in [2.75, 3.05) is 13.1 Å². The molecule has 5 nitrogen and oxygen atoms in total. The monoisotopic (exact) mass is 303 g/mol. The van der Waals surface area contributed by atoms with Gasteiger partial charge in [0.2, 0.25) is 5.91 Å². The van der Waals surface area contributed by atoms with E-state index in [0.717, 1.165) is 25.1 Å². The van der Waals surface area contributed by atoms with Crippen LogP contribution in [0.3, 0.4) is 0 Å². The first-order chi connectivity index (χ1) is 10.7. The van der Waals surface area contributed by atoms with Crippen LogP contribution >= 0.6 is 0 Å². The summed E-state index contributed by atoms with van der Waals surface area (Å²) in [6, 6.07) is 7.79. The van der Waals surface area contributed by atoms with Gasteiger partial charge >= 0.3 is 0 Å². The molecule has 1 aliphatic rings. The zero-order chi connectivity index (χ0) is 15.4. The maximum absolute atomic E-state index is 12.9. The van der Waals surface area contributed by atoms with E-state index < -0.39 is 0 Å². The summed E-state index contributed by atoms with van der Waals surface area (Å²) in [6.45, 7) is 2.21. The number of hydrogen-bond donors (Lipinski definition) is 2. The Morgan fingerprint density at radius 1 is 1.41 bits per heavy atom. The van der Waals surface area contributed by atoms with Gasteiger partial charge in [0.05, 0.1) is 6.54 Å². The van der Waals surface area contributed by atoms with Gasteiger partial charge in [-0.25, -0.2) is 4.39 Å². The molecule has 1 aromatic carbocycles. The summed E-state index contributed by atoms with van der Waals surface area (Å²) in [6.07, 6.45) is 1.58. The first kappa shape index (κ1) is 14.7. The van der Waals surface area contributed by atoms with Crippen LogP contribution in [-0.2, 0) is 11.3 Å². The molecule has 1 fully saturated rings. The van der Waals surface area contributed by atoms with E-state index in [4.69, 9.17) is 4.52 Å². The third kappa shape index (κ3) is 3.71. The normalized spacial score (nSPS) is 17.6. The summed E-state index contributed by atoms with van der Waals surface area (Å²) in [4.78, 5) is 11.8. The number of carbonyl (C=O) groups excluding carboxylic acids is 1. The number of amides is 1. The molecule has 6 heteroatoms. The number of hydrogen-bond acceptors (Lipinski definition) is 4. The molecule has 0 spiro atoms. The lowest BCUT2D eigenvalue weighted by atomic mass is 10.0. The molecular weight excluding hydrogens is 285 g/mol. The Bertz CT molecular complexity index is 633. The van der Waals surface area contributed by atoms with Crippen LogP contribution < -0.4 is 10.6 Å². The summed E-state index contributed by atoms with van der Waals surface area (Å²) >= 11 is 0. The van der Waals surface area contributed by atoms with Gasteiger partial charge in [0.1, 0.15) is 11.5 Å². The van der Waals surface area contributed by atoms with E-state index in [2.05, 4.69) is 15.8 Å². The van der Waals surface area contributed by atoms with Gasteiger partial charge in [0, 0.05) is 18.1 Å². The van der Waals surface area contributed by atoms with Crippen LogP contribution in [-0.4, -0.2) is 24.2 Å². The number of aromatic nitrogens is 1. The molecule has 1 aromatic heterocycles. The van der Waals surface area contributed by atoms with Gasteiger partial charge in [-0.15, -0.1) is 0 Å². The fourth-order valence-corrected chi connectivity index (χ4v) is 2.56. The van der Waals surface area contributed by atoms with Crippen molar-refractivity contribution < 1.29 is 13.7 Å². The fraction of sp³-hybridized carbons (Fsp3) is 0.375. The van der Waals surface area contributed by atoms with Crippen molar-refractivity contribution in [3.8, 4) is 11.3 Å². The highest BCUT2D eigenvalue weighted by atomic mass is 19.1. The summed E-state index contributed by atoms with van der Waals surface area (Å²) < 4.78 is 18.1. The van der Waals surface area contributed by atoms with Crippen molar-refractivity contribution in [2.24, 2.45) is 5.92 Å². The predicted octanol–water partition coefficient (Wildman–Crippen LogP) is 2.10. The number of benzene rings is 1. The Morgan fingerprint density at radius 3 is 2.95 bits per heavy atom. The number of halogens is 1. The first-order valence-electron chi connectivity index (χ1n) is 7.39. The van der Waals surface area contributed by atoms with Crippen LogP contribution in [0.2, 0.25) is 0 Å². The first-order valence-corrected chi connectivity index (χ1v) is 7.39. The zero-order valence-corrected chi connectivity index (χ0v) is 12.1. The van der Waals surface area contributed by atoms with Gasteiger partial charge in [-0.1, -0.05) is 5.16 Å². The maximum atomic E-state index is 12.9. The smallest absolute Gasteiger partial charge is 0.220 e. The van der Waals surface area contributed by atoms with E-state index in [-0.39, 0.29) is 11.7 Å². The van der Waals surface area contributed by atoms with E-state index in [1.54, 1.807) is 18.2 Å². The summed E-state index contributed by atoms with van der Waals surface area (Å²) in [7, 11) is 0. The molecule has 116 valence electrons. The molecule has 22 heavy (non-hydrogen) atoms. The minimum Gasteiger partial charge on any atom is -0.359 e. The fourth-order valence-electron chi connectivity index (χ4n) is 2.56. The standard InChI is InChI=1S/C16H18FN3O2/c17-13-3-1-12(2-4-13)15-8-14(22-20-15)10-19-16(21)7-11-5-6-18-9-11/h1-4,8,11,18H,5-7,9-10H2,(H,19,21). The van der Waals surface area contributed by atoms with Crippen molar-refractivity contribution in [1.29, 1.82) is 0 Å². The second kappa shape index (κ2) is 6.70. The van der Waals surface area contributed by atoms with Crippen LogP contribution in [0.25, 0.3) is 11.3 Å². The Morgan fingerprint density at radius 2 is 2.23 bits per heavy atom. The number of nitrogens with one attached hydrogen (secondary N) is 2. The lowest BCUT2D eigenvalue weighted by Gasteiger charge is -2.07. The van der Waals surface area contributed by atoms with Gasteiger partial charge in [0.25, 0.3) is 0 Å². The van der Waals surface area contributed by atoms with Crippen LogP contribution in [0, 0.1) is 11.7 Å². The molecular formula is C16H18FN3O2. The third-order valence-corrected chi connectivity index (χ3v) is 3.80. The third-order valence-electron chi connectivity index (χ3n) is 3.80. The molecule has 0 radical (unpaired) electrons. The predicted molar refractivity (Wildman–Crippen MR) is 79.3 cm³/mol. The van der Waals surface area contributed by atoms with E-state index in [9.17, 15) is 9.18 Å². The second-order valence-electron chi connectivity index (χ2n) is 5.53. The largest absolute Gasteiger partial charge is 0.359 e. The maximum Gasteiger partial charge on any atom is 0.220 e. The van der Waals surface area contributed by atoms with Crippen molar-refractivity contribution in [3.63, 3.8) is 0 Å². The number of carbonyl (C=O) groups is 1. The lowest BCUT2D eigenvalue weighted by molar-refractivity contribution is -0.122. The SMILES string of the molecule is O=C(CC1CCNC1)NCc1cc(-c2ccc(F)cc2)no1. The molecule has 1 saturated heterocycles. The van der Waals surface area contributed by atoms with Gasteiger partial charge in [-0.05, 0) is 49.7 Å². The summed E-state index contributed by atoms with van der Waals surface area (Å²) in [5, 5.41) is 10.0. The Labute approximate surface area is 127 Å². The molecule has 2 aromatic rings. The second-order valence-corrected chi connectivity index (χ2v) is 5.53. The van der Waals surface area contributed by atoms with Gasteiger partial charge in [-0.3, -0.25) is 4.79 Å². The molecule has 1 aliphatic heterocycles. The van der Waals surface area contributed by atoms with Crippen molar-refractivity contribution in [1.82, 2.24) is 15.8 Å². The molecule has 0 saturated carbocycles. The minimum atomic E-state index is -0.291. The molecule has 1 amide bonds. The summed E-state index contributed by atoms with van der Waals surface area (Å²) in [5.41, 5.74) is 1.41. The molecule has 1 atom stereocenters. The molecule has 3 rings (SSSR count). The lowest BCUT2D eigenvalue weighted by Crippen LogP contribution is -2.25. The number of rotatable bonds is 5. The Hall–Kier alpha value is -2.21. The van der Waals surface area contributed by atoms with E-state index in [1.165, 1.54) is 12.1 Å². The topological polar surface area (TPSA) is 67.2 Å². The molecule has 0 bridgehead atoms. The zero-order valence-electron chi connectivity index (χ0n) is 12.1. The molecule has 2 N–H and O–H groups in total. The van der Waals surface area contributed by atoms with Crippen molar-refractivity contribution in [3.05, 3.63) is 41.9 Å². The van der Waals surface area contributed by atoms with Gasteiger partial charge in [0.15, 0.2) is 5.76 Å². The van der Waals surface area contributed by atoms with Crippen molar-refractivity contribution in [2.45, 2.75) is 19.4 Å². The van der Waals surface area contributed by atoms with Crippen LogP contribution in [0.15, 0.2) is 34.9 Å². The summed E-state index contributed by atoms with van der Waals surface area (Å²) in [5.74, 6) is 0.733. The van der Waals surface area contributed by atoms with E-state index in [1.807, 2.05) is 0 Å². The average Bonchev–Trinajstić information content (AvgIpc) is 3.17. The highest BCUT2D eigenvalue weighted by Gasteiger charge is 2.18. The number of nitrogens with zero attached hydrogens (tertiary/aromatic N) is 1. The average molecular weight is 303 g/mol. The molecule has 2 heterocycles. The highest BCUT2D eigenvalue weighted by molar-refractivity contribution is 5.76. The van der Waals surface area contributed by atoms with Gasteiger partial charge in [-0.2, -0.15) is 0 Å². The molecule has 1 unspecified atom stereocenters. The van der Waals surface area contributed by atoms with Crippen LogP contribution in [0.5, 0.6) is 0 Å². The minimum absolute atomic E-state index is 0.0217.